The molecule has 0 radical (unpaired) electrons. The summed E-state index contributed by atoms with van der Waals surface area (Å²) in [5.41, 5.74) is 2.49. The van der Waals surface area contributed by atoms with Crippen LogP contribution in [0.1, 0.15) is 49.3 Å². The molecule has 126 valence electrons. The Hall–Kier alpha value is -1.39. The lowest BCUT2D eigenvalue weighted by Crippen LogP contribution is -2.37. The molecule has 0 aromatic heterocycles. The molecule has 1 amide bonds. The highest BCUT2D eigenvalue weighted by Crippen LogP contribution is 2.33. The second kappa shape index (κ2) is 7.93. The van der Waals surface area contributed by atoms with Crippen molar-refractivity contribution in [2.24, 2.45) is 5.92 Å². The topological polar surface area (TPSA) is 50.4 Å². The average molecular weight is 316 g/mol. The number of rotatable bonds is 5. The van der Waals surface area contributed by atoms with Gasteiger partial charge in [0.15, 0.2) is 0 Å². The summed E-state index contributed by atoms with van der Waals surface area (Å²) in [5, 5.41) is 6.51. The zero-order valence-corrected chi connectivity index (χ0v) is 14.0. The Kier molecular flexibility index (Phi) is 5.68. The van der Waals surface area contributed by atoms with E-state index >= 15 is 0 Å². The van der Waals surface area contributed by atoms with Gasteiger partial charge in [-0.1, -0.05) is 29.8 Å². The third-order valence-corrected chi connectivity index (χ3v) is 5.01. The van der Waals surface area contributed by atoms with Crippen LogP contribution in [0.2, 0.25) is 0 Å². The number of benzene rings is 1. The summed E-state index contributed by atoms with van der Waals surface area (Å²) in [5.74, 6) is 0.532. The molecule has 23 heavy (non-hydrogen) atoms. The fourth-order valence-electron chi connectivity index (χ4n) is 3.65. The molecule has 4 nitrogen and oxygen atoms in total. The van der Waals surface area contributed by atoms with E-state index in [1.807, 2.05) is 0 Å². The minimum Gasteiger partial charge on any atom is -0.373 e. The molecular weight excluding hydrogens is 288 g/mol. The van der Waals surface area contributed by atoms with Crippen LogP contribution in [0.3, 0.4) is 0 Å². The van der Waals surface area contributed by atoms with E-state index in [1.165, 1.54) is 17.5 Å². The maximum atomic E-state index is 12.1. The summed E-state index contributed by atoms with van der Waals surface area (Å²) >= 11 is 0. The monoisotopic (exact) mass is 316 g/mol. The van der Waals surface area contributed by atoms with Gasteiger partial charge in [-0.25, -0.2) is 0 Å². The molecule has 0 spiro atoms. The Balaban J connectivity index is 1.53. The lowest BCUT2D eigenvalue weighted by atomic mass is 9.89. The summed E-state index contributed by atoms with van der Waals surface area (Å²) in [6, 6.07) is 8.94. The van der Waals surface area contributed by atoms with Crippen LogP contribution in [0.4, 0.5) is 0 Å². The minimum atomic E-state index is 0.106. The third kappa shape index (κ3) is 4.55. The van der Waals surface area contributed by atoms with Crippen molar-refractivity contribution in [2.45, 2.75) is 51.2 Å². The van der Waals surface area contributed by atoms with Crippen LogP contribution in [0.25, 0.3) is 0 Å². The molecule has 2 fully saturated rings. The first-order valence-corrected chi connectivity index (χ1v) is 8.90. The van der Waals surface area contributed by atoms with Gasteiger partial charge in [0.25, 0.3) is 0 Å². The van der Waals surface area contributed by atoms with Gasteiger partial charge in [-0.05, 0) is 44.7 Å². The molecule has 2 aliphatic rings. The number of hydrogen-bond acceptors (Lipinski definition) is 3. The first kappa shape index (κ1) is 16.5. The van der Waals surface area contributed by atoms with Gasteiger partial charge in [-0.15, -0.1) is 0 Å². The Bertz CT molecular complexity index is 509. The number of ether oxygens (including phenoxy) is 1. The highest BCUT2D eigenvalue weighted by molar-refractivity contribution is 5.76. The molecule has 0 bridgehead atoms. The molecule has 0 aliphatic carbocycles. The van der Waals surface area contributed by atoms with Crippen molar-refractivity contribution < 1.29 is 9.53 Å². The molecule has 4 heteroatoms. The predicted molar refractivity (Wildman–Crippen MR) is 91.2 cm³/mol. The Labute approximate surface area is 139 Å². The van der Waals surface area contributed by atoms with Gasteiger partial charge in [0.2, 0.25) is 5.91 Å². The lowest BCUT2D eigenvalue weighted by Gasteiger charge is -2.32. The van der Waals surface area contributed by atoms with E-state index in [2.05, 4.69) is 41.8 Å². The molecule has 0 saturated carbocycles. The normalized spacial score (nSPS) is 27.8. The van der Waals surface area contributed by atoms with E-state index in [9.17, 15) is 4.79 Å². The molecule has 3 atom stereocenters. The molecule has 2 saturated heterocycles. The van der Waals surface area contributed by atoms with Gasteiger partial charge >= 0.3 is 0 Å². The highest BCUT2D eigenvalue weighted by atomic mass is 16.5. The van der Waals surface area contributed by atoms with E-state index in [4.69, 9.17) is 4.74 Å². The number of carbonyl (C=O) groups is 1. The second-order valence-electron chi connectivity index (χ2n) is 6.91. The summed E-state index contributed by atoms with van der Waals surface area (Å²) in [4.78, 5) is 12.1. The fourth-order valence-corrected chi connectivity index (χ4v) is 3.65. The number of aryl methyl sites for hydroxylation is 1. The summed E-state index contributed by atoms with van der Waals surface area (Å²) in [6.07, 6.45) is 5.20. The maximum Gasteiger partial charge on any atom is 0.221 e. The van der Waals surface area contributed by atoms with Crippen LogP contribution < -0.4 is 10.6 Å². The van der Waals surface area contributed by atoms with E-state index in [-0.39, 0.29) is 12.0 Å². The Morgan fingerprint density at radius 1 is 1.26 bits per heavy atom. The summed E-state index contributed by atoms with van der Waals surface area (Å²) in [6.45, 7) is 4.67. The zero-order chi connectivity index (χ0) is 16.1. The largest absolute Gasteiger partial charge is 0.373 e. The van der Waals surface area contributed by atoms with Crippen LogP contribution in [-0.4, -0.2) is 31.6 Å². The van der Waals surface area contributed by atoms with Crippen LogP contribution in [0.15, 0.2) is 24.3 Å². The van der Waals surface area contributed by atoms with Crippen LogP contribution in [0.5, 0.6) is 0 Å². The van der Waals surface area contributed by atoms with Crippen molar-refractivity contribution in [3.63, 3.8) is 0 Å². The zero-order valence-electron chi connectivity index (χ0n) is 14.0. The quantitative estimate of drug-likeness (QED) is 0.878. The van der Waals surface area contributed by atoms with Crippen LogP contribution >= 0.6 is 0 Å². The van der Waals surface area contributed by atoms with Gasteiger partial charge in [0.05, 0.1) is 6.10 Å². The Morgan fingerprint density at radius 2 is 2.09 bits per heavy atom. The van der Waals surface area contributed by atoms with Crippen molar-refractivity contribution in [2.75, 3.05) is 19.7 Å². The number of carbonyl (C=O) groups excluding carboxylic acids is 1. The van der Waals surface area contributed by atoms with E-state index in [0.29, 0.717) is 24.9 Å². The van der Waals surface area contributed by atoms with Gasteiger partial charge < -0.3 is 15.4 Å². The maximum absolute atomic E-state index is 12.1. The lowest BCUT2D eigenvalue weighted by molar-refractivity contribution is -0.122. The van der Waals surface area contributed by atoms with E-state index in [0.717, 1.165) is 32.4 Å². The molecule has 2 heterocycles. The van der Waals surface area contributed by atoms with E-state index in [1.54, 1.807) is 0 Å². The van der Waals surface area contributed by atoms with Gasteiger partial charge in [0.1, 0.15) is 0 Å². The van der Waals surface area contributed by atoms with Gasteiger partial charge in [-0.3, -0.25) is 4.79 Å². The van der Waals surface area contributed by atoms with Gasteiger partial charge in [0, 0.05) is 31.5 Å². The van der Waals surface area contributed by atoms with Gasteiger partial charge in [-0.2, -0.15) is 0 Å². The van der Waals surface area contributed by atoms with Crippen molar-refractivity contribution >= 4 is 5.91 Å². The standard InChI is InChI=1S/C19H28N2O2/c1-14-6-8-15(9-7-14)19-16(4-3-11-23-19)13-21-18(22)12-17-5-2-10-20-17/h6-9,16-17,19-20H,2-5,10-13H2,1H3,(H,21,22). The smallest absolute Gasteiger partial charge is 0.221 e. The summed E-state index contributed by atoms with van der Waals surface area (Å²) < 4.78 is 6.02. The molecule has 1 aromatic rings. The Morgan fingerprint density at radius 3 is 2.83 bits per heavy atom. The summed E-state index contributed by atoms with van der Waals surface area (Å²) in [7, 11) is 0. The molecule has 2 N–H and O–H groups in total. The molecule has 3 unspecified atom stereocenters. The molecule has 2 aliphatic heterocycles. The molecular formula is C19H28N2O2. The number of nitrogens with one attached hydrogen (secondary N) is 2. The SMILES string of the molecule is Cc1ccc(C2OCCCC2CNC(=O)CC2CCCN2)cc1. The van der Waals surface area contributed by atoms with Crippen molar-refractivity contribution in [1.82, 2.24) is 10.6 Å². The third-order valence-electron chi connectivity index (χ3n) is 5.01. The van der Waals surface area contributed by atoms with Crippen LogP contribution in [-0.2, 0) is 9.53 Å². The molecule has 3 rings (SSSR count). The van der Waals surface area contributed by atoms with Crippen molar-refractivity contribution in [3.8, 4) is 0 Å². The average Bonchev–Trinajstić information content (AvgIpc) is 3.07. The first-order chi connectivity index (χ1) is 11.2. The fraction of sp³-hybridized carbons (Fsp3) is 0.632. The van der Waals surface area contributed by atoms with Crippen molar-refractivity contribution in [1.29, 1.82) is 0 Å². The van der Waals surface area contributed by atoms with Crippen molar-refractivity contribution in [3.05, 3.63) is 35.4 Å². The van der Waals surface area contributed by atoms with E-state index < -0.39 is 0 Å². The molecule has 1 aromatic carbocycles. The van der Waals surface area contributed by atoms with Crippen LogP contribution in [0, 0.1) is 12.8 Å². The predicted octanol–water partition coefficient (Wildman–Crippen LogP) is 2.72. The highest BCUT2D eigenvalue weighted by Gasteiger charge is 2.28. The second-order valence-corrected chi connectivity index (χ2v) is 6.91. The number of hydrogen-bond donors (Lipinski definition) is 2. The minimum absolute atomic E-state index is 0.106. The number of amides is 1. The first-order valence-electron chi connectivity index (χ1n) is 8.90.